The molecule has 0 amide bonds. The molecule has 3 nitrogen and oxygen atoms in total. The van der Waals surface area contributed by atoms with Gasteiger partial charge in [-0.1, -0.05) is 6.42 Å². The number of furan rings is 1. The fourth-order valence-corrected chi connectivity index (χ4v) is 2.57. The van der Waals surface area contributed by atoms with E-state index in [1.54, 1.807) is 6.26 Å². The van der Waals surface area contributed by atoms with E-state index in [9.17, 15) is 0 Å². The molecular formula is C13H22N2O. The van der Waals surface area contributed by atoms with Gasteiger partial charge in [-0.15, -0.1) is 0 Å². The van der Waals surface area contributed by atoms with Gasteiger partial charge in [0.2, 0.25) is 0 Å². The van der Waals surface area contributed by atoms with Crippen molar-refractivity contribution in [1.82, 2.24) is 5.32 Å². The van der Waals surface area contributed by atoms with Crippen LogP contribution in [-0.2, 0) is 6.42 Å². The van der Waals surface area contributed by atoms with Crippen molar-refractivity contribution in [2.24, 2.45) is 5.73 Å². The van der Waals surface area contributed by atoms with E-state index < -0.39 is 0 Å². The van der Waals surface area contributed by atoms with Crippen LogP contribution in [0, 0.1) is 0 Å². The van der Waals surface area contributed by atoms with Crippen molar-refractivity contribution < 1.29 is 4.42 Å². The Balaban J connectivity index is 1.76. The molecule has 90 valence electrons. The second-order valence-corrected chi connectivity index (χ2v) is 4.97. The van der Waals surface area contributed by atoms with Crippen LogP contribution in [0.15, 0.2) is 22.8 Å². The van der Waals surface area contributed by atoms with Crippen molar-refractivity contribution in [1.29, 1.82) is 0 Å². The van der Waals surface area contributed by atoms with Crippen molar-refractivity contribution in [2.75, 3.05) is 0 Å². The van der Waals surface area contributed by atoms with Gasteiger partial charge in [0.1, 0.15) is 5.76 Å². The van der Waals surface area contributed by atoms with Crippen molar-refractivity contribution in [3.05, 3.63) is 24.2 Å². The zero-order valence-electron chi connectivity index (χ0n) is 9.99. The summed E-state index contributed by atoms with van der Waals surface area (Å²) >= 11 is 0. The molecule has 0 bridgehead atoms. The van der Waals surface area contributed by atoms with E-state index in [0.717, 1.165) is 18.6 Å². The van der Waals surface area contributed by atoms with E-state index in [0.29, 0.717) is 18.1 Å². The molecule has 1 aromatic rings. The van der Waals surface area contributed by atoms with Gasteiger partial charge < -0.3 is 15.5 Å². The van der Waals surface area contributed by atoms with Gasteiger partial charge in [-0.05, 0) is 38.3 Å². The van der Waals surface area contributed by atoms with E-state index in [1.807, 2.05) is 12.1 Å². The fraction of sp³-hybridized carbons (Fsp3) is 0.692. The highest BCUT2D eigenvalue weighted by atomic mass is 16.3. The molecule has 3 atom stereocenters. The third-order valence-electron chi connectivity index (χ3n) is 3.32. The van der Waals surface area contributed by atoms with E-state index >= 15 is 0 Å². The molecule has 1 saturated carbocycles. The van der Waals surface area contributed by atoms with E-state index in [-0.39, 0.29) is 0 Å². The van der Waals surface area contributed by atoms with Gasteiger partial charge in [0.15, 0.2) is 0 Å². The summed E-state index contributed by atoms with van der Waals surface area (Å²) in [7, 11) is 0. The quantitative estimate of drug-likeness (QED) is 0.820. The molecule has 3 unspecified atom stereocenters. The first-order valence-corrected chi connectivity index (χ1v) is 6.28. The Bertz CT molecular complexity index is 297. The highest BCUT2D eigenvalue weighted by molar-refractivity contribution is 5.00. The molecular weight excluding hydrogens is 200 g/mol. The smallest absolute Gasteiger partial charge is 0.105 e. The first-order valence-electron chi connectivity index (χ1n) is 6.28. The normalized spacial score (nSPS) is 27.9. The van der Waals surface area contributed by atoms with E-state index in [1.165, 1.54) is 19.3 Å². The van der Waals surface area contributed by atoms with Crippen LogP contribution < -0.4 is 11.1 Å². The molecule has 0 radical (unpaired) electrons. The molecule has 16 heavy (non-hydrogen) atoms. The standard InChI is InChI=1S/C13H22N2O/c1-10(8-13-6-3-7-16-13)15-12-5-2-4-11(14)9-12/h3,6-7,10-12,15H,2,4-5,8-9,14H2,1H3. The summed E-state index contributed by atoms with van der Waals surface area (Å²) in [5.41, 5.74) is 5.98. The Hall–Kier alpha value is -0.800. The van der Waals surface area contributed by atoms with Crippen LogP contribution >= 0.6 is 0 Å². The maximum atomic E-state index is 5.98. The van der Waals surface area contributed by atoms with Crippen LogP contribution in [0.1, 0.15) is 38.4 Å². The lowest BCUT2D eigenvalue weighted by Crippen LogP contribution is -2.43. The summed E-state index contributed by atoms with van der Waals surface area (Å²) in [6.45, 7) is 2.21. The molecule has 0 saturated heterocycles. The Morgan fingerprint density at radius 3 is 3.12 bits per heavy atom. The largest absolute Gasteiger partial charge is 0.469 e. The number of hydrogen-bond donors (Lipinski definition) is 2. The maximum absolute atomic E-state index is 5.98. The highest BCUT2D eigenvalue weighted by Crippen LogP contribution is 2.17. The summed E-state index contributed by atoms with van der Waals surface area (Å²) in [6, 6.07) is 5.42. The number of hydrogen-bond acceptors (Lipinski definition) is 3. The molecule has 1 heterocycles. The summed E-state index contributed by atoms with van der Waals surface area (Å²) in [5, 5.41) is 3.65. The van der Waals surface area contributed by atoms with Gasteiger partial charge in [-0.25, -0.2) is 0 Å². The molecule has 1 aromatic heterocycles. The number of nitrogens with two attached hydrogens (primary N) is 1. The molecule has 0 aromatic carbocycles. The molecule has 1 aliphatic rings. The van der Waals surface area contributed by atoms with Gasteiger partial charge in [-0.3, -0.25) is 0 Å². The first kappa shape index (κ1) is 11.7. The highest BCUT2D eigenvalue weighted by Gasteiger charge is 2.20. The summed E-state index contributed by atoms with van der Waals surface area (Å²) in [4.78, 5) is 0. The van der Waals surface area contributed by atoms with Crippen LogP contribution in [0.3, 0.4) is 0 Å². The minimum Gasteiger partial charge on any atom is -0.469 e. The summed E-state index contributed by atoms with van der Waals surface area (Å²) < 4.78 is 5.35. The Kier molecular flexibility index (Phi) is 4.02. The Labute approximate surface area is 97.4 Å². The predicted molar refractivity (Wildman–Crippen MR) is 65.2 cm³/mol. The zero-order chi connectivity index (χ0) is 11.4. The Morgan fingerprint density at radius 1 is 1.56 bits per heavy atom. The SMILES string of the molecule is CC(Cc1ccco1)NC1CCCC(N)C1. The van der Waals surface area contributed by atoms with Crippen molar-refractivity contribution in [2.45, 2.75) is 57.2 Å². The van der Waals surface area contributed by atoms with Crippen molar-refractivity contribution in [3.63, 3.8) is 0 Å². The van der Waals surface area contributed by atoms with Gasteiger partial charge in [0.25, 0.3) is 0 Å². The average Bonchev–Trinajstić information content (AvgIpc) is 2.70. The molecule has 0 spiro atoms. The van der Waals surface area contributed by atoms with Gasteiger partial charge in [0, 0.05) is 24.5 Å². The molecule has 1 fully saturated rings. The van der Waals surface area contributed by atoms with Crippen molar-refractivity contribution in [3.8, 4) is 0 Å². The minimum absolute atomic E-state index is 0.391. The van der Waals surface area contributed by atoms with Gasteiger partial charge in [0.05, 0.1) is 6.26 Å². The van der Waals surface area contributed by atoms with Gasteiger partial charge >= 0.3 is 0 Å². The molecule has 2 rings (SSSR count). The molecule has 1 aliphatic carbocycles. The third-order valence-corrected chi connectivity index (χ3v) is 3.32. The van der Waals surface area contributed by atoms with Crippen LogP contribution in [0.2, 0.25) is 0 Å². The lowest BCUT2D eigenvalue weighted by Gasteiger charge is -2.29. The predicted octanol–water partition coefficient (Wildman–Crippen LogP) is 2.07. The first-order chi connectivity index (χ1) is 7.74. The second-order valence-electron chi connectivity index (χ2n) is 4.97. The zero-order valence-corrected chi connectivity index (χ0v) is 9.99. The number of rotatable bonds is 4. The Morgan fingerprint density at radius 2 is 2.44 bits per heavy atom. The third kappa shape index (κ3) is 3.35. The summed E-state index contributed by atoms with van der Waals surface area (Å²) in [5.74, 6) is 1.06. The molecule has 3 heteroatoms. The monoisotopic (exact) mass is 222 g/mol. The lowest BCUT2D eigenvalue weighted by molar-refractivity contribution is 0.311. The van der Waals surface area contributed by atoms with Crippen LogP contribution in [0.5, 0.6) is 0 Å². The minimum atomic E-state index is 0.391. The average molecular weight is 222 g/mol. The lowest BCUT2D eigenvalue weighted by atomic mass is 9.91. The fourth-order valence-electron chi connectivity index (χ4n) is 2.57. The molecule has 3 N–H and O–H groups in total. The maximum Gasteiger partial charge on any atom is 0.105 e. The van der Waals surface area contributed by atoms with Crippen molar-refractivity contribution >= 4 is 0 Å². The van der Waals surface area contributed by atoms with Crippen LogP contribution in [-0.4, -0.2) is 18.1 Å². The van der Waals surface area contributed by atoms with Crippen LogP contribution in [0.4, 0.5) is 0 Å². The topological polar surface area (TPSA) is 51.2 Å². The second kappa shape index (κ2) is 5.51. The molecule has 0 aliphatic heterocycles. The van der Waals surface area contributed by atoms with E-state index in [2.05, 4.69) is 12.2 Å². The summed E-state index contributed by atoms with van der Waals surface area (Å²) in [6.07, 6.45) is 7.51. The van der Waals surface area contributed by atoms with Crippen LogP contribution in [0.25, 0.3) is 0 Å². The van der Waals surface area contributed by atoms with E-state index in [4.69, 9.17) is 10.2 Å². The number of nitrogens with one attached hydrogen (secondary N) is 1. The van der Waals surface area contributed by atoms with Gasteiger partial charge in [-0.2, -0.15) is 0 Å².